The number of rotatable bonds is 2. The van der Waals surface area contributed by atoms with Crippen LogP contribution >= 0.6 is 0 Å². The number of carbonyl (C=O) groups is 2. The van der Waals surface area contributed by atoms with Crippen LogP contribution in [0.4, 0.5) is 10.5 Å². The van der Waals surface area contributed by atoms with Gasteiger partial charge in [0.15, 0.2) is 0 Å². The lowest BCUT2D eigenvalue weighted by molar-refractivity contribution is 0.0697. The van der Waals surface area contributed by atoms with Crippen molar-refractivity contribution in [2.24, 2.45) is 0 Å². The van der Waals surface area contributed by atoms with Gasteiger partial charge in [0, 0.05) is 7.05 Å². The summed E-state index contributed by atoms with van der Waals surface area (Å²) in [5, 5.41) is 13.8. The lowest BCUT2D eigenvalue weighted by Gasteiger charge is -2.09. The van der Waals surface area contributed by atoms with E-state index in [1.54, 1.807) is 25.1 Å². The minimum absolute atomic E-state index is 0.112. The molecule has 5 nitrogen and oxygen atoms in total. The number of hydrogen-bond acceptors (Lipinski definition) is 2. The van der Waals surface area contributed by atoms with Gasteiger partial charge in [0.25, 0.3) is 0 Å². The summed E-state index contributed by atoms with van der Waals surface area (Å²) in [6.07, 6.45) is 0. The number of anilines is 1. The molecule has 0 aliphatic rings. The van der Waals surface area contributed by atoms with Gasteiger partial charge in [0.1, 0.15) is 0 Å². The van der Waals surface area contributed by atoms with Crippen LogP contribution in [0.15, 0.2) is 18.2 Å². The molecule has 0 aromatic heterocycles. The van der Waals surface area contributed by atoms with E-state index in [4.69, 9.17) is 5.11 Å². The molecule has 0 atom stereocenters. The van der Waals surface area contributed by atoms with Crippen LogP contribution in [0.2, 0.25) is 0 Å². The Labute approximate surface area is 87.1 Å². The molecule has 3 N–H and O–H groups in total. The Balaban J connectivity index is 3.11. The first-order valence-electron chi connectivity index (χ1n) is 4.38. The molecule has 0 fully saturated rings. The van der Waals surface area contributed by atoms with Crippen molar-refractivity contribution < 1.29 is 14.7 Å². The quantitative estimate of drug-likeness (QED) is 0.688. The predicted molar refractivity (Wildman–Crippen MR) is 56.2 cm³/mol. The topological polar surface area (TPSA) is 78.4 Å². The molecule has 0 heterocycles. The van der Waals surface area contributed by atoms with E-state index < -0.39 is 12.0 Å². The van der Waals surface area contributed by atoms with Crippen LogP contribution in [0.3, 0.4) is 0 Å². The fraction of sp³-hybridized carbons (Fsp3) is 0.200. The van der Waals surface area contributed by atoms with E-state index in [1.807, 2.05) is 0 Å². The predicted octanol–water partition coefficient (Wildman–Crippen LogP) is 1.44. The summed E-state index contributed by atoms with van der Waals surface area (Å²) >= 11 is 0. The molecule has 0 unspecified atom stereocenters. The van der Waals surface area contributed by atoms with Crippen molar-refractivity contribution >= 4 is 17.7 Å². The highest BCUT2D eigenvalue weighted by Gasteiger charge is 2.13. The summed E-state index contributed by atoms with van der Waals surface area (Å²) in [5.74, 6) is -1.06. The smallest absolute Gasteiger partial charge is 0.338 e. The highest BCUT2D eigenvalue weighted by molar-refractivity contribution is 6.01. The molecular formula is C10H12N2O3. The number of aryl methyl sites for hydroxylation is 1. The molecule has 1 aromatic carbocycles. The van der Waals surface area contributed by atoms with Crippen LogP contribution in [-0.2, 0) is 0 Å². The Morgan fingerprint density at radius 3 is 2.53 bits per heavy atom. The van der Waals surface area contributed by atoms with Gasteiger partial charge in [-0.15, -0.1) is 0 Å². The number of carbonyl (C=O) groups excluding carboxylic acids is 1. The Bertz CT molecular complexity index is 402. The fourth-order valence-corrected chi connectivity index (χ4v) is 1.24. The molecule has 0 spiro atoms. The third-order valence-electron chi connectivity index (χ3n) is 1.96. The second-order valence-corrected chi connectivity index (χ2v) is 3.01. The summed E-state index contributed by atoms with van der Waals surface area (Å²) in [6, 6.07) is 4.47. The van der Waals surface area contributed by atoms with Crippen LogP contribution in [0.5, 0.6) is 0 Å². The van der Waals surface area contributed by atoms with Crippen molar-refractivity contribution in [1.29, 1.82) is 0 Å². The third kappa shape index (κ3) is 2.46. The Morgan fingerprint density at radius 1 is 1.33 bits per heavy atom. The van der Waals surface area contributed by atoms with Crippen LogP contribution < -0.4 is 10.6 Å². The van der Waals surface area contributed by atoms with E-state index in [9.17, 15) is 9.59 Å². The molecule has 1 aromatic rings. The van der Waals surface area contributed by atoms with E-state index in [2.05, 4.69) is 10.6 Å². The largest absolute Gasteiger partial charge is 0.478 e. The molecule has 0 saturated heterocycles. The van der Waals surface area contributed by atoms with Crippen molar-refractivity contribution in [3.63, 3.8) is 0 Å². The molecule has 1 rings (SSSR count). The van der Waals surface area contributed by atoms with Crippen molar-refractivity contribution in [3.8, 4) is 0 Å². The maximum Gasteiger partial charge on any atom is 0.338 e. The number of hydrogen-bond donors (Lipinski definition) is 3. The van der Waals surface area contributed by atoms with Crippen molar-refractivity contribution in [2.75, 3.05) is 12.4 Å². The summed E-state index contributed by atoms with van der Waals surface area (Å²) in [4.78, 5) is 22.0. The van der Waals surface area contributed by atoms with E-state index in [0.29, 0.717) is 11.3 Å². The lowest BCUT2D eigenvalue weighted by atomic mass is 10.1. The van der Waals surface area contributed by atoms with Gasteiger partial charge in [0.2, 0.25) is 0 Å². The Morgan fingerprint density at radius 2 is 2.00 bits per heavy atom. The normalized spacial score (nSPS) is 9.47. The second kappa shape index (κ2) is 4.45. The summed E-state index contributed by atoms with van der Waals surface area (Å²) in [5.41, 5.74) is 1.01. The number of carboxylic acids is 1. The first kappa shape index (κ1) is 11.0. The van der Waals surface area contributed by atoms with Gasteiger partial charge in [0.05, 0.1) is 11.3 Å². The number of amides is 2. The van der Waals surface area contributed by atoms with Crippen molar-refractivity contribution in [1.82, 2.24) is 5.32 Å². The van der Waals surface area contributed by atoms with E-state index in [1.165, 1.54) is 7.05 Å². The molecule has 5 heteroatoms. The summed E-state index contributed by atoms with van der Waals surface area (Å²) < 4.78 is 0. The monoisotopic (exact) mass is 208 g/mol. The highest BCUT2D eigenvalue weighted by Crippen LogP contribution is 2.19. The average Bonchev–Trinajstić information content (AvgIpc) is 2.17. The van der Waals surface area contributed by atoms with Crippen LogP contribution in [0.1, 0.15) is 15.9 Å². The zero-order chi connectivity index (χ0) is 11.4. The minimum Gasteiger partial charge on any atom is -0.478 e. The van der Waals surface area contributed by atoms with Gasteiger partial charge < -0.3 is 15.7 Å². The molecule has 0 aliphatic heterocycles. The van der Waals surface area contributed by atoms with Crippen molar-refractivity contribution in [3.05, 3.63) is 29.3 Å². The average molecular weight is 208 g/mol. The van der Waals surface area contributed by atoms with Gasteiger partial charge in [-0.2, -0.15) is 0 Å². The number of benzene rings is 1. The van der Waals surface area contributed by atoms with Gasteiger partial charge in [-0.05, 0) is 18.6 Å². The van der Waals surface area contributed by atoms with Crippen molar-refractivity contribution in [2.45, 2.75) is 6.92 Å². The highest BCUT2D eigenvalue weighted by atomic mass is 16.4. The molecule has 0 radical (unpaired) electrons. The molecule has 2 amide bonds. The number of aromatic carboxylic acids is 1. The Hall–Kier alpha value is -2.04. The zero-order valence-corrected chi connectivity index (χ0v) is 8.50. The molecular weight excluding hydrogens is 196 g/mol. The van der Waals surface area contributed by atoms with Gasteiger partial charge in [-0.25, -0.2) is 9.59 Å². The summed E-state index contributed by atoms with van der Waals surface area (Å²) in [7, 11) is 1.46. The van der Waals surface area contributed by atoms with Gasteiger partial charge in [-0.3, -0.25) is 0 Å². The first-order chi connectivity index (χ1) is 7.06. The van der Waals surface area contributed by atoms with E-state index >= 15 is 0 Å². The molecule has 0 bridgehead atoms. The number of nitrogens with one attached hydrogen (secondary N) is 2. The van der Waals surface area contributed by atoms with Gasteiger partial charge >= 0.3 is 12.0 Å². The maximum atomic E-state index is 11.1. The van der Waals surface area contributed by atoms with E-state index in [0.717, 1.165) is 0 Å². The summed E-state index contributed by atoms with van der Waals surface area (Å²) in [6.45, 7) is 1.68. The second-order valence-electron chi connectivity index (χ2n) is 3.01. The standard InChI is InChI=1S/C10H12N2O3/c1-6-4-3-5-7(8(6)9(13)14)12-10(15)11-2/h3-5H,1-2H3,(H,13,14)(H2,11,12,15). The third-order valence-corrected chi connectivity index (χ3v) is 1.96. The van der Waals surface area contributed by atoms with E-state index in [-0.39, 0.29) is 5.56 Å². The van der Waals surface area contributed by atoms with Gasteiger partial charge in [-0.1, -0.05) is 12.1 Å². The number of urea groups is 1. The van der Waals surface area contributed by atoms with Crippen LogP contribution in [-0.4, -0.2) is 24.2 Å². The van der Waals surface area contributed by atoms with Crippen LogP contribution in [0.25, 0.3) is 0 Å². The maximum absolute atomic E-state index is 11.1. The SMILES string of the molecule is CNC(=O)Nc1cccc(C)c1C(=O)O. The fourth-order valence-electron chi connectivity index (χ4n) is 1.24. The molecule has 0 saturated carbocycles. The zero-order valence-electron chi connectivity index (χ0n) is 8.50. The van der Waals surface area contributed by atoms with Crippen LogP contribution in [0, 0.1) is 6.92 Å². The molecule has 15 heavy (non-hydrogen) atoms. The minimum atomic E-state index is -1.06. The molecule has 0 aliphatic carbocycles. The number of carboxylic acid groups (broad SMARTS) is 1. The lowest BCUT2D eigenvalue weighted by Crippen LogP contribution is -2.25. The Kier molecular flexibility index (Phi) is 3.28. The first-order valence-corrected chi connectivity index (χ1v) is 4.38. The molecule has 80 valence electrons.